The zero-order valence-corrected chi connectivity index (χ0v) is 14.6. The smallest absolute Gasteiger partial charge is 0.534 e. The third-order valence-corrected chi connectivity index (χ3v) is 4.98. The lowest BCUT2D eigenvalue weighted by Crippen LogP contribution is -2.53. The minimum Gasteiger partial charge on any atom is -0.534 e. The number of carbonyl (C=O) groups is 2. The van der Waals surface area contributed by atoms with Crippen LogP contribution in [0.2, 0.25) is 0 Å². The van der Waals surface area contributed by atoms with Crippen molar-refractivity contribution in [1.82, 2.24) is 10.2 Å². The zero-order valence-electron chi connectivity index (χ0n) is 14.6. The molecular weight excluding hydrogens is 337 g/mol. The number of carbonyl (C=O) groups excluding carboxylic acids is 1. The molecule has 26 heavy (non-hydrogen) atoms. The Morgan fingerprint density at radius 1 is 1.35 bits per heavy atom. The summed E-state index contributed by atoms with van der Waals surface area (Å²) in [5.41, 5.74) is 6.54. The minimum atomic E-state index is -1.28. The molecule has 5 N–H and O–H groups in total. The quantitative estimate of drug-likeness (QED) is 0.528. The Hall–Kier alpha value is -2.10. The highest BCUT2D eigenvalue weighted by Crippen LogP contribution is 2.30. The van der Waals surface area contributed by atoms with E-state index in [2.05, 4.69) is 10.2 Å². The number of benzene rings is 1. The van der Waals surface area contributed by atoms with E-state index in [0.717, 1.165) is 25.9 Å². The van der Waals surface area contributed by atoms with Gasteiger partial charge in [0.2, 0.25) is 5.91 Å². The molecule has 0 aliphatic carbocycles. The molecule has 0 unspecified atom stereocenters. The monoisotopic (exact) mass is 361 g/mol. The Balaban J connectivity index is 1.54. The summed E-state index contributed by atoms with van der Waals surface area (Å²) in [4.78, 5) is 25.7. The predicted molar refractivity (Wildman–Crippen MR) is 95.9 cm³/mol. The van der Waals surface area contributed by atoms with Gasteiger partial charge in [0.25, 0.3) is 0 Å². The van der Waals surface area contributed by atoms with Crippen LogP contribution in [0, 0.1) is 0 Å². The number of likely N-dealkylation sites (tertiary alicyclic amines) is 1. The molecule has 3 rings (SSSR count). The molecular formula is C17H24BN3O5. The molecule has 1 atom stereocenters. The number of para-hydroxylation sites is 1. The van der Waals surface area contributed by atoms with E-state index >= 15 is 0 Å². The summed E-state index contributed by atoms with van der Waals surface area (Å²) in [5, 5.41) is 22.2. The summed E-state index contributed by atoms with van der Waals surface area (Å²) in [7, 11) is -1.28. The number of nitrogens with zero attached hydrogens (tertiary/aromatic N) is 1. The lowest BCUT2D eigenvalue weighted by atomic mass is 9.72. The van der Waals surface area contributed by atoms with Crippen LogP contribution < -0.4 is 15.7 Å². The van der Waals surface area contributed by atoms with Crippen LogP contribution in [0.4, 0.5) is 0 Å². The molecule has 2 heterocycles. The van der Waals surface area contributed by atoms with Gasteiger partial charge >= 0.3 is 13.1 Å². The molecule has 1 aromatic rings. The average Bonchev–Trinajstić information content (AvgIpc) is 2.61. The van der Waals surface area contributed by atoms with E-state index in [1.54, 1.807) is 12.1 Å². The number of amides is 1. The van der Waals surface area contributed by atoms with Crippen LogP contribution in [0.5, 0.6) is 5.75 Å². The van der Waals surface area contributed by atoms with Gasteiger partial charge in [-0.25, -0.2) is 4.79 Å². The largest absolute Gasteiger partial charge is 0.547 e. The summed E-state index contributed by atoms with van der Waals surface area (Å²) in [6.45, 7) is 2.45. The minimum absolute atomic E-state index is 0.00892. The van der Waals surface area contributed by atoms with Gasteiger partial charge in [-0.3, -0.25) is 4.79 Å². The number of nitrogens with one attached hydrogen (secondary N) is 1. The molecule has 9 heteroatoms. The summed E-state index contributed by atoms with van der Waals surface area (Å²) in [5.74, 6) is -1.71. The first-order chi connectivity index (χ1) is 12.4. The van der Waals surface area contributed by atoms with Gasteiger partial charge in [-0.05, 0) is 44.0 Å². The Kier molecular flexibility index (Phi) is 5.80. The van der Waals surface area contributed by atoms with Crippen molar-refractivity contribution in [2.45, 2.75) is 37.7 Å². The second-order valence-corrected chi connectivity index (χ2v) is 6.91. The maximum absolute atomic E-state index is 12.2. The highest BCUT2D eigenvalue weighted by Gasteiger charge is 2.37. The topological polar surface area (TPSA) is 125 Å². The molecule has 0 spiro atoms. The van der Waals surface area contributed by atoms with Crippen LogP contribution in [-0.2, 0) is 11.2 Å². The lowest BCUT2D eigenvalue weighted by molar-refractivity contribution is -0.121. The average molecular weight is 361 g/mol. The maximum Gasteiger partial charge on any atom is 0.547 e. The van der Waals surface area contributed by atoms with Gasteiger partial charge in [0.05, 0.1) is 11.5 Å². The highest BCUT2D eigenvalue weighted by atomic mass is 16.5. The first-order valence-corrected chi connectivity index (χ1v) is 8.91. The van der Waals surface area contributed by atoms with Crippen LogP contribution in [-0.4, -0.2) is 65.6 Å². The highest BCUT2D eigenvalue weighted by molar-refractivity contribution is 6.47. The molecule has 0 radical (unpaired) electrons. The third-order valence-electron chi connectivity index (χ3n) is 4.98. The van der Waals surface area contributed by atoms with Crippen molar-refractivity contribution in [2.75, 3.05) is 19.6 Å². The Labute approximate surface area is 152 Å². The van der Waals surface area contributed by atoms with E-state index < -0.39 is 19.0 Å². The fourth-order valence-corrected chi connectivity index (χ4v) is 3.43. The van der Waals surface area contributed by atoms with Gasteiger partial charge in [0, 0.05) is 19.0 Å². The number of carboxylic acid groups (broad SMARTS) is 1. The Morgan fingerprint density at radius 3 is 2.77 bits per heavy atom. The van der Waals surface area contributed by atoms with Crippen molar-refractivity contribution in [3.63, 3.8) is 0 Å². The first kappa shape index (κ1) is 18.7. The van der Waals surface area contributed by atoms with E-state index in [4.69, 9.17) is 10.4 Å². The zero-order chi connectivity index (χ0) is 18.7. The van der Waals surface area contributed by atoms with Crippen molar-refractivity contribution < 1.29 is 24.4 Å². The summed E-state index contributed by atoms with van der Waals surface area (Å²) in [6, 6.07) is 5.05. The maximum atomic E-state index is 12.2. The number of aromatic carboxylic acids is 1. The predicted octanol–water partition coefficient (Wildman–Crippen LogP) is -0.363. The number of carboxylic acids is 1. The van der Waals surface area contributed by atoms with Crippen molar-refractivity contribution >= 4 is 19.0 Å². The molecule has 0 bridgehead atoms. The molecule has 0 saturated carbocycles. The number of fused-ring (bicyclic) bond motifs is 1. The molecule has 1 aromatic carbocycles. The van der Waals surface area contributed by atoms with E-state index in [1.165, 1.54) is 6.07 Å². The van der Waals surface area contributed by atoms with Crippen LogP contribution in [0.1, 0.15) is 35.2 Å². The van der Waals surface area contributed by atoms with Crippen LogP contribution in [0.15, 0.2) is 18.2 Å². The molecule has 1 amide bonds. The fourth-order valence-electron chi connectivity index (χ4n) is 3.43. The summed E-state index contributed by atoms with van der Waals surface area (Å²) >= 11 is 0. The third kappa shape index (κ3) is 4.35. The second-order valence-electron chi connectivity index (χ2n) is 6.91. The van der Waals surface area contributed by atoms with Crippen molar-refractivity contribution in [3.05, 3.63) is 29.3 Å². The Bertz CT molecular complexity index is 678. The normalized spacial score (nSPS) is 21.0. The van der Waals surface area contributed by atoms with Gasteiger partial charge < -0.3 is 30.7 Å². The summed E-state index contributed by atoms with van der Waals surface area (Å²) < 4.78 is 5.38. The molecule has 2 aliphatic rings. The summed E-state index contributed by atoms with van der Waals surface area (Å²) in [6.07, 6.45) is 2.54. The van der Waals surface area contributed by atoms with E-state index in [-0.39, 0.29) is 23.3 Å². The van der Waals surface area contributed by atoms with Gasteiger partial charge in [-0.1, -0.05) is 12.1 Å². The van der Waals surface area contributed by atoms with E-state index in [9.17, 15) is 19.7 Å². The van der Waals surface area contributed by atoms with Crippen molar-refractivity contribution in [3.8, 4) is 5.75 Å². The first-order valence-electron chi connectivity index (χ1n) is 8.91. The number of piperidine rings is 1. The number of nitrogens with two attached hydrogens (primary N) is 1. The van der Waals surface area contributed by atoms with Crippen LogP contribution in [0.25, 0.3) is 0 Å². The van der Waals surface area contributed by atoms with Crippen molar-refractivity contribution in [2.24, 2.45) is 5.73 Å². The number of hydrogen-bond donors (Lipinski definition) is 4. The molecule has 2 aliphatic heterocycles. The van der Waals surface area contributed by atoms with E-state index in [1.807, 2.05) is 0 Å². The molecule has 0 aromatic heterocycles. The SMILES string of the molecule is NC1CCN(CCC(=O)N[C@H]2Cc3cccc(C(=O)O)c3OB2O)CC1. The molecule has 8 nitrogen and oxygen atoms in total. The van der Waals surface area contributed by atoms with E-state index in [0.29, 0.717) is 24.9 Å². The lowest BCUT2D eigenvalue weighted by Gasteiger charge is -2.31. The second kappa shape index (κ2) is 8.07. The number of rotatable bonds is 5. The van der Waals surface area contributed by atoms with Crippen LogP contribution in [0.3, 0.4) is 0 Å². The molecule has 1 saturated heterocycles. The standard InChI is InChI=1S/C17H24BN3O5/c19-12-4-7-21(8-5-12)9-6-15(22)20-14-10-11-2-1-3-13(17(23)24)16(11)26-18(14)25/h1-3,12,14,25H,4-10,19H2,(H,20,22)(H,23,24)/t14-/m0/s1. The van der Waals surface area contributed by atoms with Gasteiger partial charge in [0.1, 0.15) is 5.75 Å². The van der Waals surface area contributed by atoms with Gasteiger partial charge in [-0.15, -0.1) is 0 Å². The van der Waals surface area contributed by atoms with Crippen molar-refractivity contribution in [1.29, 1.82) is 0 Å². The molecule has 1 fully saturated rings. The fraction of sp³-hybridized carbons (Fsp3) is 0.529. The van der Waals surface area contributed by atoms with Crippen LogP contribution >= 0.6 is 0 Å². The molecule has 140 valence electrons. The number of hydrogen-bond acceptors (Lipinski definition) is 6. The van der Waals surface area contributed by atoms with Gasteiger partial charge in [0.15, 0.2) is 0 Å². The van der Waals surface area contributed by atoms with Gasteiger partial charge in [-0.2, -0.15) is 0 Å². The Morgan fingerprint density at radius 2 is 2.08 bits per heavy atom.